The Balaban J connectivity index is 0.00000112. The molecule has 0 saturated carbocycles. The van der Waals surface area contributed by atoms with Gasteiger partial charge in [0.1, 0.15) is 0 Å². The largest absolute Gasteiger partial charge is 0.399 e. The molecule has 6 nitrogen and oxygen atoms in total. The van der Waals surface area contributed by atoms with Crippen LogP contribution in [0.5, 0.6) is 0 Å². The van der Waals surface area contributed by atoms with Gasteiger partial charge in [-0.05, 0) is 18.2 Å². The number of rotatable bonds is 1. The predicted octanol–water partition coefficient (Wildman–Crippen LogP) is 2.20. The first-order valence-electron chi connectivity index (χ1n) is 3.84. The molecular weight excluding hydrogens is 220 g/mol. The topological polar surface area (TPSA) is 88.1 Å². The second-order valence-corrected chi connectivity index (χ2v) is 2.70. The second kappa shape index (κ2) is 4.05. The van der Waals surface area contributed by atoms with Crippen LogP contribution in [0.1, 0.15) is 0 Å². The molecule has 1 aromatic rings. The van der Waals surface area contributed by atoms with Crippen molar-refractivity contribution in [3.05, 3.63) is 24.3 Å². The zero-order valence-corrected chi connectivity index (χ0v) is 8.27. The van der Waals surface area contributed by atoms with Crippen molar-refractivity contribution >= 4 is 35.8 Å². The van der Waals surface area contributed by atoms with Gasteiger partial charge in [0.05, 0.1) is 5.69 Å². The van der Waals surface area contributed by atoms with Gasteiger partial charge in [0, 0.05) is 5.69 Å². The Bertz CT molecular complexity index is 428. The van der Waals surface area contributed by atoms with Gasteiger partial charge in [-0.25, -0.2) is 14.5 Å². The number of halogens is 1. The van der Waals surface area contributed by atoms with Gasteiger partial charge in [-0.15, -0.1) is 12.4 Å². The van der Waals surface area contributed by atoms with E-state index in [1.807, 2.05) is 0 Å². The third-order valence-corrected chi connectivity index (χ3v) is 1.73. The molecule has 1 aromatic carbocycles. The summed E-state index contributed by atoms with van der Waals surface area (Å²) in [4.78, 5) is 23.1. The molecule has 0 spiro atoms. The molecule has 0 fully saturated rings. The fourth-order valence-corrected chi connectivity index (χ4v) is 1.14. The van der Waals surface area contributed by atoms with E-state index >= 15 is 0 Å². The summed E-state index contributed by atoms with van der Waals surface area (Å²) >= 11 is 0. The van der Waals surface area contributed by atoms with Crippen molar-refractivity contribution < 1.29 is 9.59 Å². The van der Waals surface area contributed by atoms with E-state index in [0.717, 1.165) is 4.90 Å². The number of nitrogens with two attached hydrogens (primary N) is 1. The van der Waals surface area contributed by atoms with E-state index in [1.54, 1.807) is 18.2 Å². The fourth-order valence-electron chi connectivity index (χ4n) is 1.14. The molecule has 0 atom stereocenters. The van der Waals surface area contributed by atoms with E-state index < -0.39 is 12.1 Å². The molecule has 1 heterocycles. The van der Waals surface area contributed by atoms with Gasteiger partial charge < -0.3 is 5.73 Å². The Labute approximate surface area is 91.2 Å². The predicted molar refractivity (Wildman–Crippen MR) is 56.2 cm³/mol. The van der Waals surface area contributed by atoms with Crippen LogP contribution < -0.4 is 10.6 Å². The molecule has 2 N–H and O–H groups in total. The normalized spacial score (nSPS) is 14.3. The highest BCUT2D eigenvalue weighted by atomic mass is 35.5. The number of nitrogen functional groups attached to an aromatic ring is 1. The van der Waals surface area contributed by atoms with E-state index in [9.17, 15) is 9.59 Å². The van der Waals surface area contributed by atoms with Crippen LogP contribution in [0.15, 0.2) is 34.5 Å². The van der Waals surface area contributed by atoms with Crippen LogP contribution in [-0.2, 0) is 0 Å². The molecule has 7 heteroatoms. The molecule has 15 heavy (non-hydrogen) atoms. The van der Waals surface area contributed by atoms with Crippen LogP contribution >= 0.6 is 12.4 Å². The number of hydrogen-bond donors (Lipinski definition) is 1. The number of hydrogen-bond acceptors (Lipinski definition) is 3. The highest BCUT2D eigenvalue weighted by molar-refractivity contribution is 6.17. The number of urea groups is 2. The number of amides is 4. The Morgan fingerprint density at radius 1 is 1.13 bits per heavy atom. The Morgan fingerprint density at radius 3 is 2.27 bits per heavy atom. The third-order valence-electron chi connectivity index (χ3n) is 1.73. The average Bonchev–Trinajstić information content (AvgIpc) is 2.46. The maximum atomic E-state index is 11.1. The minimum absolute atomic E-state index is 0. The van der Waals surface area contributed by atoms with E-state index in [2.05, 4.69) is 10.2 Å². The van der Waals surface area contributed by atoms with Gasteiger partial charge in [-0.2, -0.15) is 0 Å². The molecule has 78 valence electrons. The molecule has 0 unspecified atom stereocenters. The lowest BCUT2D eigenvalue weighted by molar-refractivity contribution is 0.249. The summed E-state index contributed by atoms with van der Waals surface area (Å²) in [6, 6.07) is 5.00. The molecule has 1 aliphatic rings. The second-order valence-electron chi connectivity index (χ2n) is 2.70. The number of carbonyl (C=O) groups excluding carboxylic acids is 2. The maximum absolute atomic E-state index is 11.1. The van der Waals surface area contributed by atoms with Crippen molar-refractivity contribution in [3.8, 4) is 0 Å². The first-order chi connectivity index (χ1) is 6.68. The highest BCUT2D eigenvalue weighted by Gasteiger charge is 2.28. The summed E-state index contributed by atoms with van der Waals surface area (Å²) in [6.07, 6.45) is 0. The van der Waals surface area contributed by atoms with Crippen LogP contribution in [0.3, 0.4) is 0 Å². The first kappa shape index (κ1) is 11.1. The van der Waals surface area contributed by atoms with E-state index in [-0.39, 0.29) is 12.4 Å². The fraction of sp³-hybridized carbons (Fsp3) is 0. The first-order valence-corrected chi connectivity index (χ1v) is 3.84. The highest BCUT2D eigenvalue weighted by Crippen LogP contribution is 2.22. The number of azo groups is 1. The molecule has 0 radical (unpaired) electrons. The van der Waals surface area contributed by atoms with Crippen molar-refractivity contribution in [3.63, 3.8) is 0 Å². The van der Waals surface area contributed by atoms with Crippen LogP contribution in [-0.4, -0.2) is 12.1 Å². The summed E-state index contributed by atoms with van der Waals surface area (Å²) in [5, 5.41) is 6.25. The van der Waals surface area contributed by atoms with Crippen LogP contribution in [0, 0.1) is 0 Å². The molecular formula is C8H7ClN4O2. The minimum atomic E-state index is -0.694. The summed E-state index contributed by atoms with van der Waals surface area (Å²) in [6.45, 7) is 0. The lowest BCUT2D eigenvalue weighted by atomic mass is 10.2. The van der Waals surface area contributed by atoms with Gasteiger partial charge in [0.25, 0.3) is 0 Å². The van der Waals surface area contributed by atoms with Crippen molar-refractivity contribution in [1.82, 2.24) is 0 Å². The van der Waals surface area contributed by atoms with E-state index in [0.29, 0.717) is 11.4 Å². The van der Waals surface area contributed by atoms with Gasteiger partial charge >= 0.3 is 12.1 Å². The van der Waals surface area contributed by atoms with Gasteiger partial charge in [0.2, 0.25) is 0 Å². The van der Waals surface area contributed by atoms with Gasteiger partial charge in [-0.1, -0.05) is 16.3 Å². The van der Waals surface area contributed by atoms with Crippen molar-refractivity contribution in [1.29, 1.82) is 0 Å². The zero-order chi connectivity index (χ0) is 10.1. The molecule has 2 rings (SSSR count). The number of carbonyl (C=O) groups is 2. The number of benzene rings is 1. The van der Waals surface area contributed by atoms with Crippen molar-refractivity contribution in [2.45, 2.75) is 0 Å². The lowest BCUT2D eigenvalue weighted by Crippen LogP contribution is -2.27. The summed E-state index contributed by atoms with van der Waals surface area (Å²) in [7, 11) is 0. The zero-order valence-electron chi connectivity index (χ0n) is 7.45. The van der Waals surface area contributed by atoms with Crippen LogP contribution in [0.2, 0.25) is 0 Å². The smallest absolute Gasteiger partial charge is 0.375 e. The molecule has 4 amide bonds. The number of nitrogens with zero attached hydrogens (tertiary/aromatic N) is 3. The SMILES string of the molecule is Cl.Nc1cccc(N2C(=O)N=NC2=O)c1. The summed E-state index contributed by atoms with van der Waals surface area (Å²) in [5.74, 6) is 0. The molecule has 1 aliphatic heterocycles. The Morgan fingerprint density at radius 2 is 1.73 bits per heavy atom. The molecule has 0 saturated heterocycles. The molecule has 0 bridgehead atoms. The van der Waals surface area contributed by atoms with Crippen molar-refractivity contribution in [2.75, 3.05) is 10.6 Å². The average molecular weight is 227 g/mol. The van der Waals surface area contributed by atoms with Crippen LogP contribution in [0.4, 0.5) is 21.0 Å². The van der Waals surface area contributed by atoms with E-state index in [4.69, 9.17) is 5.73 Å². The van der Waals surface area contributed by atoms with Crippen LogP contribution in [0.25, 0.3) is 0 Å². The van der Waals surface area contributed by atoms with Gasteiger partial charge in [-0.3, -0.25) is 0 Å². The number of imide groups is 1. The summed E-state index contributed by atoms with van der Waals surface area (Å²) in [5.41, 5.74) is 6.35. The standard InChI is InChI=1S/C8H6N4O2.ClH/c9-5-2-1-3-6(4-5)12-7(13)10-11-8(12)14;/h1-4H,9H2;1H. The Kier molecular flexibility index (Phi) is 3.01. The van der Waals surface area contributed by atoms with Crippen molar-refractivity contribution in [2.24, 2.45) is 10.2 Å². The number of anilines is 2. The van der Waals surface area contributed by atoms with Gasteiger partial charge in [0.15, 0.2) is 0 Å². The minimum Gasteiger partial charge on any atom is -0.399 e. The Hall–Kier alpha value is -1.95. The summed E-state index contributed by atoms with van der Waals surface area (Å²) < 4.78 is 0. The quantitative estimate of drug-likeness (QED) is 0.745. The maximum Gasteiger partial charge on any atom is 0.375 e. The third kappa shape index (κ3) is 1.94. The van der Waals surface area contributed by atoms with E-state index in [1.165, 1.54) is 6.07 Å². The lowest BCUT2D eigenvalue weighted by Gasteiger charge is -2.10. The monoisotopic (exact) mass is 226 g/mol. The molecule has 0 aromatic heterocycles. The molecule has 0 aliphatic carbocycles.